The van der Waals surface area contributed by atoms with Crippen molar-refractivity contribution in [2.75, 3.05) is 6.61 Å². The van der Waals surface area contributed by atoms with Crippen LogP contribution >= 0.6 is 0 Å². The maximum atomic E-state index is 11.0. The van der Waals surface area contributed by atoms with Gasteiger partial charge < -0.3 is 4.74 Å². The molecule has 13 heavy (non-hydrogen) atoms. The maximum Gasteiger partial charge on any atom is 0.351 e. The van der Waals surface area contributed by atoms with E-state index >= 15 is 0 Å². The highest BCUT2D eigenvalue weighted by molar-refractivity contribution is 6.35. The number of rotatable bonds is 7. The standard InChI is InChI=1S/C10H19NO2/c1-3-5-6-8-13-10(12)9(11)7-4-2/h11H,3-8H2,1-2H3. The van der Waals surface area contributed by atoms with Crippen molar-refractivity contribution in [3.05, 3.63) is 0 Å². The third kappa shape index (κ3) is 6.31. The molecule has 0 radical (unpaired) electrons. The molecule has 0 aromatic rings. The first-order valence-corrected chi connectivity index (χ1v) is 4.96. The Labute approximate surface area is 80.0 Å². The topological polar surface area (TPSA) is 50.2 Å². The first-order chi connectivity index (χ1) is 6.22. The molecule has 3 heteroatoms. The largest absolute Gasteiger partial charge is 0.461 e. The summed E-state index contributed by atoms with van der Waals surface area (Å²) < 4.78 is 4.89. The van der Waals surface area contributed by atoms with Gasteiger partial charge in [-0.2, -0.15) is 0 Å². The number of hydrogen-bond acceptors (Lipinski definition) is 3. The normalized spacial score (nSPS) is 9.69. The van der Waals surface area contributed by atoms with Gasteiger partial charge in [-0.25, -0.2) is 4.79 Å². The third-order valence-corrected chi connectivity index (χ3v) is 1.73. The summed E-state index contributed by atoms with van der Waals surface area (Å²) in [5.74, 6) is -0.446. The predicted octanol–water partition coefficient (Wildman–Crippen LogP) is 2.54. The predicted molar refractivity (Wildman–Crippen MR) is 53.1 cm³/mol. The molecule has 0 aromatic carbocycles. The fourth-order valence-electron chi connectivity index (χ4n) is 0.956. The molecular formula is C10H19NO2. The van der Waals surface area contributed by atoms with Crippen LogP contribution in [0.5, 0.6) is 0 Å². The Hall–Kier alpha value is -0.860. The van der Waals surface area contributed by atoms with Crippen LogP contribution in [0, 0.1) is 5.41 Å². The van der Waals surface area contributed by atoms with Crippen LogP contribution in [0.15, 0.2) is 0 Å². The Bertz CT molecular complexity index is 166. The third-order valence-electron chi connectivity index (χ3n) is 1.73. The van der Waals surface area contributed by atoms with Gasteiger partial charge in [0.2, 0.25) is 0 Å². The highest BCUT2D eigenvalue weighted by Crippen LogP contribution is 1.97. The molecular weight excluding hydrogens is 166 g/mol. The van der Waals surface area contributed by atoms with Gasteiger partial charge in [0.25, 0.3) is 0 Å². The molecule has 0 unspecified atom stereocenters. The van der Waals surface area contributed by atoms with E-state index in [9.17, 15) is 4.79 Å². The van der Waals surface area contributed by atoms with Gasteiger partial charge in [-0.15, -0.1) is 0 Å². The summed E-state index contributed by atoms with van der Waals surface area (Å²) in [6.07, 6.45) is 4.44. The zero-order chi connectivity index (χ0) is 10.1. The van der Waals surface area contributed by atoms with Gasteiger partial charge in [0.15, 0.2) is 0 Å². The van der Waals surface area contributed by atoms with Crippen molar-refractivity contribution in [1.29, 1.82) is 5.41 Å². The summed E-state index contributed by atoms with van der Waals surface area (Å²) in [7, 11) is 0. The molecule has 0 rings (SSSR count). The summed E-state index contributed by atoms with van der Waals surface area (Å²) in [5, 5.41) is 7.30. The van der Waals surface area contributed by atoms with Crippen molar-refractivity contribution in [3.63, 3.8) is 0 Å². The molecule has 0 spiro atoms. The molecule has 0 aliphatic carbocycles. The van der Waals surface area contributed by atoms with Crippen molar-refractivity contribution >= 4 is 11.7 Å². The molecule has 0 amide bonds. The Morgan fingerprint density at radius 2 is 1.92 bits per heavy atom. The molecule has 0 aromatic heterocycles. The zero-order valence-electron chi connectivity index (χ0n) is 8.56. The number of carbonyl (C=O) groups is 1. The van der Waals surface area contributed by atoms with Crippen LogP contribution in [0.3, 0.4) is 0 Å². The molecule has 0 aliphatic rings. The molecule has 0 aliphatic heterocycles. The lowest BCUT2D eigenvalue weighted by Gasteiger charge is -2.03. The van der Waals surface area contributed by atoms with Gasteiger partial charge in [-0.05, 0) is 12.8 Å². The Morgan fingerprint density at radius 1 is 1.23 bits per heavy atom. The van der Waals surface area contributed by atoms with Crippen LogP contribution in [0.2, 0.25) is 0 Å². The molecule has 1 N–H and O–H groups in total. The molecule has 0 saturated heterocycles. The molecule has 0 heterocycles. The summed E-state index contributed by atoms with van der Waals surface area (Å²) in [5.41, 5.74) is 0.0963. The second-order valence-corrected chi connectivity index (χ2v) is 3.07. The van der Waals surface area contributed by atoms with E-state index in [1.165, 1.54) is 0 Å². The Balaban J connectivity index is 3.44. The van der Waals surface area contributed by atoms with Gasteiger partial charge in [0.05, 0.1) is 6.61 Å². The summed E-state index contributed by atoms with van der Waals surface area (Å²) >= 11 is 0. The van der Waals surface area contributed by atoms with E-state index in [4.69, 9.17) is 10.1 Å². The van der Waals surface area contributed by atoms with Gasteiger partial charge in [-0.3, -0.25) is 5.41 Å². The number of nitrogens with one attached hydrogen (secondary N) is 1. The van der Waals surface area contributed by atoms with Crippen LogP contribution in [-0.4, -0.2) is 18.3 Å². The van der Waals surface area contributed by atoms with Crippen molar-refractivity contribution < 1.29 is 9.53 Å². The van der Waals surface area contributed by atoms with Gasteiger partial charge in [0.1, 0.15) is 5.71 Å². The Kier molecular flexibility index (Phi) is 7.26. The maximum absolute atomic E-state index is 11.0. The fraction of sp³-hybridized carbons (Fsp3) is 0.800. The lowest BCUT2D eigenvalue weighted by Crippen LogP contribution is -2.16. The number of hydrogen-bond donors (Lipinski definition) is 1. The molecule has 0 atom stereocenters. The lowest BCUT2D eigenvalue weighted by molar-refractivity contribution is -0.135. The minimum atomic E-state index is -0.446. The van der Waals surface area contributed by atoms with Crippen LogP contribution in [0.1, 0.15) is 46.0 Å². The second-order valence-electron chi connectivity index (χ2n) is 3.07. The lowest BCUT2D eigenvalue weighted by atomic mass is 10.2. The quantitative estimate of drug-likeness (QED) is 0.376. The number of esters is 1. The van der Waals surface area contributed by atoms with E-state index in [0.717, 1.165) is 25.7 Å². The van der Waals surface area contributed by atoms with Crippen molar-refractivity contribution in [2.45, 2.75) is 46.0 Å². The number of unbranched alkanes of at least 4 members (excludes halogenated alkanes) is 2. The van der Waals surface area contributed by atoms with E-state index in [1.807, 2.05) is 6.92 Å². The van der Waals surface area contributed by atoms with Crippen LogP contribution in [-0.2, 0) is 9.53 Å². The van der Waals surface area contributed by atoms with E-state index < -0.39 is 5.97 Å². The average molecular weight is 185 g/mol. The van der Waals surface area contributed by atoms with Crippen molar-refractivity contribution in [3.8, 4) is 0 Å². The molecule has 0 saturated carbocycles. The fourth-order valence-corrected chi connectivity index (χ4v) is 0.956. The van der Waals surface area contributed by atoms with Gasteiger partial charge in [-0.1, -0.05) is 33.1 Å². The number of carbonyl (C=O) groups excluding carboxylic acids is 1. The van der Waals surface area contributed by atoms with E-state index in [2.05, 4.69) is 6.92 Å². The first kappa shape index (κ1) is 12.1. The summed E-state index contributed by atoms with van der Waals surface area (Å²) in [6.45, 7) is 4.50. The van der Waals surface area contributed by atoms with Gasteiger partial charge >= 0.3 is 5.97 Å². The van der Waals surface area contributed by atoms with E-state index in [0.29, 0.717) is 13.0 Å². The molecule has 0 bridgehead atoms. The smallest absolute Gasteiger partial charge is 0.351 e. The zero-order valence-corrected chi connectivity index (χ0v) is 8.56. The minimum absolute atomic E-state index is 0.0963. The molecule has 76 valence electrons. The second kappa shape index (κ2) is 7.77. The summed E-state index contributed by atoms with van der Waals surface area (Å²) in [6, 6.07) is 0. The van der Waals surface area contributed by atoms with Crippen molar-refractivity contribution in [2.24, 2.45) is 0 Å². The monoisotopic (exact) mass is 185 g/mol. The van der Waals surface area contributed by atoms with E-state index in [-0.39, 0.29) is 5.71 Å². The van der Waals surface area contributed by atoms with Crippen LogP contribution in [0.25, 0.3) is 0 Å². The number of ether oxygens (including phenoxy) is 1. The average Bonchev–Trinajstić information content (AvgIpc) is 2.12. The summed E-state index contributed by atoms with van der Waals surface area (Å²) in [4.78, 5) is 11.0. The SMILES string of the molecule is CCCCCOC(=O)C(=N)CCC. The van der Waals surface area contributed by atoms with E-state index in [1.54, 1.807) is 0 Å². The minimum Gasteiger partial charge on any atom is -0.461 e. The van der Waals surface area contributed by atoms with Crippen LogP contribution in [0.4, 0.5) is 0 Å². The highest BCUT2D eigenvalue weighted by atomic mass is 16.5. The van der Waals surface area contributed by atoms with Gasteiger partial charge in [0, 0.05) is 0 Å². The Morgan fingerprint density at radius 3 is 2.46 bits per heavy atom. The molecule has 3 nitrogen and oxygen atoms in total. The molecule has 0 fully saturated rings. The van der Waals surface area contributed by atoms with Crippen molar-refractivity contribution in [1.82, 2.24) is 0 Å². The highest BCUT2D eigenvalue weighted by Gasteiger charge is 2.08. The first-order valence-electron chi connectivity index (χ1n) is 4.96. The van der Waals surface area contributed by atoms with Crippen LogP contribution < -0.4 is 0 Å².